The molecule has 4 heterocycles. The van der Waals surface area contributed by atoms with Crippen LogP contribution in [0, 0.1) is 13.8 Å². The van der Waals surface area contributed by atoms with E-state index in [0.717, 1.165) is 35.2 Å². The highest BCUT2D eigenvalue weighted by Gasteiger charge is 2.21. The summed E-state index contributed by atoms with van der Waals surface area (Å²) in [5, 5.41) is 9.88. The summed E-state index contributed by atoms with van der Waals surface area (Å²) in [5.74, 6) is 0.287. The fourth-order valence-electron chi connectivity index (χ4n) is 3.50. The number of aromatic nitrogens is 6. The van der Waals surface area contributed by atoms with E-state index in [-0.39, 0.29) is 18.0 Å². The Bertz CT molecular complexity index is 1240. The fourth-order valence-corrected chi connectivity index (χ4v) is 3.50. The van der Waals surface area contributed by atoms with Crippen molar-refractivity contribution >= 4 is 28.5 Å². The lowest BCUT2D eigenvalue weighted by atomic mass is 10.2. The van der Waals surface area contributed by atoms with Gasteiger partial charge in [-0.15, -0.1) is 5.10 Å². The maximum absolute atomic E-state index is 12.2. The zero-order valence-corrected chi connectivity index (χ0v) is 16.9. The van der Waals surface area contributed by atoms with Gasteiger partial charge in [0.2, 0.25) is 0 Å². The van der Waals surface area contributed by atoms with Crippen LogP contribution in [0.15, 0.2) is 18.3 Å². The molecule has 0 bridgehead atoms. The lowest BCUT2D eigenvalue weighted by molar-refractivity contribution is 0.0527. The molecule has 0 amide bonds. The van der Waals surface area contributed by atoms with E-state index in [1.165, 1.54) is 10.9 Å². The van der Waals surface area contributed by atoms with E-state index in [2.05, 4.69) is 22.1 Å². The highest BCUT2D eigenvalue weighted by atomic mass is 16.5. The van der Waals surface area contributed by atoms with Crippen LogP contribution in [-0.4, -0.2) is 41.9 Å². The second-order valence-corrected chi connectivity index (χ2v) is 6.95. The van der Waals surface area contributed by atoms with Crippen LogP contribution in [0.5, 0.6) is 0 Å². The van der Waals surface area contributed by atoms with Gasteiger partial charge >= 0.3 is 5.97 Å². The molecule has 0 unspecified atom stereocenters. The Labute approximate surface area is 167 Å². The molecular weight excluding hydrogens is 370 g/mol. The second-order valence-electron chi connectivity index (χ2n) is 6.95. The molecular formula is C20H23N7O2. The Morgan fingerprint density at radius 2 is 2.00 bits per heavy atom. The first-order chi connectivity index (χ1) is 13.9. The highest BCUT2D eigenvalue weighted by molar-refractivity contribution is 5.95. The summed E-state index contributed by atoms with van der Waals surface area (Å²) in [7, 11) is 0. The van der Waals surface area contributed by atoms with Gasteiger partial charge in [0, 0.05) is 17.5 Å². The van der Waals surface area contributed by atoms with Crippen molar-refractivity contribution in [1.29, 1.82) is 0 Å². The van der Waals surface area contributed by atoms with E-state index in [1.54, 1.807) is 11.4 Å². The van der Waals surface area contributed by atoms with Gasteiger partial charge in [-0.05, 0) is 38.8 Å². The SMILES string of the molecule is CCCc1cc(-n2ncc(C(=O)OCC)c2N)n2nc3nc(C)cc(C)c3c2n1. The second kappa shape index (κ2) is 7.16. The Morgan fingerprint density at radius 3 is 2.72 bits per heavy atom. The van der Waals surface area contributed by atoms with Crippen LogP contribution in [0.4, 0.5) is 5.82 Å². The standard InChI is InChI=1S/C20H23N7O2/c1-5-7-13-9-15(26-17(21)14(10-22-26)20(28)29-6-2)27-19(24-13)16-11(3)8-12(4)23-18(16)25-27/h8-10H,5-7,21H2,1-4H3. The summed E-state index contributed by atoms with van der Waals surface area (Å²) in [6.45, 7) is 8.06. The number of nitrogen functional groups attached to an aromatic ring is 1. The van der Waals surface area contributed by atoms with Crippen LogP contribution in [0.2, 0.25) is 0 Å². The normalized spacial score (nSPS) is 11.4. The Hall–Kier alpha value is -3.49. The Morgan fingerprint density at radius 1 is 1.21 bits per heavy atom. The molecule has 0 radical (unpaired) electrons. The number of carbonyl (C=O) groups excluding carboxylic acids is 1. The third kappa shape index (κ3) is 3.08. The highest BCUT2D eigenvalue weighted by Crippen LogP contribution is 2.26. The van der Waals surface area contributed by atoms with E-state index in [1.807, 2.05) is 26.0 Å². The maximum Gasteiger partial charge on any atom is 0.343 e. The molecule has 0 aliphatic carbocycles. The summed E-state index contributed by atoms with van der Waals surface area (Å²) >= 11 is 0. The minimum absolute atomic E-state index is 0.193. The Balaban J connectivity index is 2.01. The first-order valence-electron chi connectivity index (χ1n) is 9.62. The lowest BCUT2D eigenvalue weighted by Gasteiger charge is -2.10. The molecule has 0 aliphatic heterocycles. The number of nitrogens with two attached hydrogens (primary N) is 1. The number of hydrogen-bond donors (Lipinski definition) is 1. The molecule has 29 heavy (non-hydrogen) atoms. The summed E-state index contributed by atoms with van der Waals surface area (Å²) in [4.78, 5) is 21.5. The first kappa shape index (κ1) is 18.9. The van der Waals surface area contributed by atoms with Crippen molar-refractivity contribution in [3.63, 3.8) is 0 Å². The van der Waals surface area contributed by atoms with Crippen molar-refractivity contribution in [1.82, 2.24) is 29.4 Å². The average Bonchev–Trinajstić information content (AvgIpc) is 3.22. The van der Waals surface area contributed by atoms with E-state index in [9.17, 15) is 4.79 Å². The van der Waals surface area contributed by atoms with Crippen LogP contribution in [0.25, 0.3) is 22.5 Å². The minimum Gasteiger partial charge on any atom is -0.462 e. The average molecular weight is 393 g/mol. The molecule has 0 aliphatic rings. The number of ether oxygens (including phenoxy) is 1. The maximum atomic E-state index is 12.2. The monoisotopic (exact) mass is 393 g/mol. The molecule has 4 aromatic rings. The Kier molecular flexibility index (Phi) is 4.65. The van der Waals surface area contributed by atoms with E-state index >= 15 is 0 Å². The first-order valence-corrected chi connectivity index (χ1v) is 9.62. The van der Waals surface area contributed by atoms with Crippen molar-refractivity contribution < 1.29 is 9.53 Å². The molecule has 4 aromatic heterocycles. The van der Waals surface area contributed by atoms with Crippen LogP contribution < -0.4 is 5.73 Å². The van der Waals surface area contributed by atoms with Gasteiger partial charge in [-0.1, -0.05) is 13.3 Å². The fraction of sp³-hybridized carbons (Fsp3) is 0.350. The smallest absolute Gasteiger partial charge is 0.343 e. The van der Waals surface area contributed by atoms with Crippen molar-refractivity contribution in [2.75, 3.05) is 12.3 Å². The predicted molar refractivity (Wildman–Crippen MR) is 109 cm³/mol. The van der Waals surface area contributed by atoms with Crippen LogP contribution in [-0.2, 0) is 11.2 Å². The van der Waals surface area contributed by atoms with Gasteiger partial charge in [0.1, 0.15) is 11.4 Å². The molecule has 0 saturated heterocycles. The van der Waals surface area contributed by atoms with Crippen molar-refractivity contribution in [2.24, 2.45) is 0 Å². The molecule has 0 aromatic carbocycles. The van der Waals surface area contributed by atoms with E-state index < -0.39 is 5.97 Å². The van der Waals surface area contributed by atoms with Gasteiger partial charge in [-0.25, -0.2) is 14.8 Å². The topological polar surface area (TPSA) is 113 Å². The molecule has 0 spiro atoms. The third-order valence-corrected chi connectivity index (χ3v) is 4.73. The van der Waals surface area contributed by atoms with Crippen molar-refractivity contribution in [3.05, 3.63) is 40.8 Å². The molecule has 0 saturated carbocycles. The van der Waals surface area contributed by atoms with Gasteiger partial charge in [-0.2, -0.15) is 14.3 Å². The van der Waals surface area contributed by atoms with Crippen LogP contribution >= 0.6 is 0 Å². The zero-order chi connectivity index (χ0) is 20.7. The number of nitrogens with zero attached hydrogens (tertiary/aromatic N) is 6. The molecule has 4 rings (SSSR count). The molecule has 0 atom stereocenters. The summed E-state index contributed by atoms with van der Waals surface area (Å²) in [6, 6.07) is 3.90. The minimum atomic E-state index is -0.505. The van der Waals surface area contributed by atoms with E-state index in [0.29, 0.717) is 17.1 Å². The van der Waals surface area contributed by atoms with Crippen molar-refractivity contribution in [2.45, 2.75) is 40.5 Å². The van der Waals surface area contributed by atoms with Gasteiger partial charge in [0.25, 0.3) is 0 Å². The zero-order valence-electron chi connectivity index (χ0n) is 16.9. The molecule has 9 nitrogen and oxygen atoms in total. The number of esters is 1. The number of aryl methyl sites for hydroxylation is 3. The van der Waals surface area contributed by atoms with Gasteiger partial charge in [0.15, 0.2) is 17.1 Å². The number of rotatable bonds is 5. The largest absolute Gasteiger partial charge is 0.462 e. The van der Waals surface area contributed by atoms with E-state index in [4.69, 9.17) is 15.5 Å². The summed E-state index contributed by atoms with van der Waals surface area (Å²) < 4.78 is 8.24. The van der Waals surface area contributed by atoms with Gasteiger partial charge < -0.3 is 10.5 Å². The number of carbonyl (C=O) groups is 1. The number of anilines is 1. The molecule has 150 valence electrons. The third-order valence-electron chi connectivity index (χ3n) is 4.73. The summed E-state index contributed by atoms with van der Waals surface area (Å²) in [5.41, 5.74) is 10.6. The van der Waals surface area contributed by atoms with Gasteiger partial charge in [0.05, 0.1) is 18.2 Å². The van der Waals surface area contributed by atoms with Crippen LogP contribution in [0.1, 0.15) is 47.6 Å². The molecule has 9 heteroatoms. The summed E-state index contributed by atoms with van der Waals surface area (Å²) in [6.07, 6.45) is 3.14. The van der Waals surface area contributed by atoms with Gasteiger partial charge in [-0.3, -0.25) is 0 Å². The number of fused-ring (bicyclic) bond motifs is 3. The quantitative estimate of drug-likeness (QED) is 0.519. The number of pyridine rings is 1. The predicted octanol–water partition coefficient (Wildman–Crippen LogP) is 2.79. The lowest BCUT2D eigenvalue weighted by Crippen LogP contribution is -2.12. The molecule has 2 N–H and O–H groups in total. The van der Waals surface area contributed by atoms with Crippen molar-refractivity contribution in [3.8, 4) is 5.82 Å². The number of hydrogen-bond acceptors (Lipinski definition) is 7. The van der Waals surface area contributed by atoms with Crippen LogP contribution in [0.3, 0.4) is 0 Å². The molecule has 0 fully saturated rings.